The summed E-state index contributed by atoms with van der Waals surface area (Å²) in [5.41, 5.74) is 2.46. The van der Waals surface area contributed by atoms with Gasteiger partial charge >= 0.3 is 0 Å². The zero-order valence-electron chi connectivity index (χ0n) is 15.5. The summed E-state index contributed by atoms with van der Waals surface area (Å²) in [5.74, 6) is -0.671. The lowest BCUT2D eigenvalue weighted by Gasteiger charge is -2.10. The molecule has 0 spiro atoms. The van der Waals surface area contributed by atoms with Crippen molar-refractivity contribution in [3.8, 4) is 0 Å². The largest absolute Gasteiger partial charge is 0.325 e. The summed E-state index contributed by atoms with van der Waals surface area (Å²) in [5, 5.41) is 6.22. The second-order valence-electron chi connectivity index (χ2n) is 6.24. The molecule has 0 aliphatic carbocycles. The number of rotatable bonds is 6. The minimum absolute atomic E-state index is 0.152. The minimum Gasteiger partial charge on any atom is -0.325 e. The Morgan fingerprint density at radius 1 is 1.00 bits per heavy atom. The Bertz CT molecular complexity index is 1040. The molecule has 29 heavy (non-hydrogen) atoms. The first kappa shape index (κ1) is 20.9. The molecule has 148 valence electrons. The Morgan fingerprint density at radius 3 is 2.48 bits per heavy atom. The molecule has 0 aromatic heterocycles. The zero-order valence-corrected chi connectivity index (χ0v) is 17.1. The molecule has 0 radical (unpaired) electrons. The maximum absolute atomic E-state index is 13.0. The van der Waals surface area contributed by atoms with E-state index in [1.807, 2.05) is 13.0 Å². The van der Waals surface area contributed by atoms with Crippen molar-refractivity contribution in [2.24, 2.45) is 0 Å². The monoisotopic (exact) mass is 428 g/mol. The van der Waals surface area contributed by atoms with E-state index in [2.05, 4.69) is 10.6 Å². The molecule has 0 aliphatic rings. The number of hydrogen-bond donors (Lipinski definition) is 2. The first-order valence-electron chi connectivity index (χ1n) is 8.77. The van der Waals surface area contributed by atoms with E-state index in [4.69, 9.17) is 11.6 Å². The fourth-order valence-electron chi connectivity index (χ4n) is 2.55. The average molecular weight is 429 g/mol. The van der Waals surface area contributed by atoms with E-state index in [9.17, 15) is 14.0 Å². The van der Waals surface area contributed by atoms with Gasteiger partial charge in [0.1, 0.15) is 5.82 Å². The molecule has 3 rings (SSSR count). The molecule has 2 N–H and O–H groups in total. The molecular weight excluding hydrogens is 411 g/mol. The number of halogens is 2. The highest BCUT2D eigenvalue weighted by molar-refractivity contribution is 8.00. The van der Waals surface area contributed by atoms with Gasteiger partial charge in [0.15, 0.2) is 0 Å². The van der Waals surface area contributed by atoms with Gasteiger partial charge in [-0.3, -0.25) is 9.59 Å². The van der Waals surface area contributed by atoms with Crippen molar-refractivity contribution in [1.29, 1.82) is 0 Å². The second kappa shape index (κ2) is 9.58. The Labute approximate surface area is 177 Å². The van der Waals surface area contributed by atoms with E-state index in [-0.39, 0.29) is 17.6 Å². The van der Waals surface area contributed by atoms with Gasteiger partial charge in [-0.2, -0.15) is 0 Å². The van der Waals surface area contributed by atoms with Crippen LogP contribution in [0.25, 0.3) is 0 Å². The number of carbonyl (C=O) groups excluding carboxylic acids is 2. The summed E-state index contributed by atoms with van der Waals surface area (Å²) >= 11 is 7.42. The van der Waals surface area contributed by atoms with Crippen LogP contribution in [0.1, 0.15) is 15.9 Å². The van der Waals surface area contributed by atoms with Gasteiger partial charge < -0.3 is 10.6 Å². The van der Waals surface area contributed by atoms with Crippen molar-refractivity contribution >= 4 is 46.6 Å². The van der Waals surface area contributed by atoms with Crippen molar-refractivity contribution in [2.45, 2.75) is 11.8 Å². The highest BCUT2D eigenvalue weighted by Gasteiger charge is 2.09. The van der Waals surface area contributed by atoms with Crippen molar-refractivity contribution in [3.63, 3.8) is 0 Å². The van der Waals surface area contributed by atoms with Crippen LogP contribution in [-0.2, 0) is 4.79 Å². The van der Waals surface area contributed by atoms with Crippen molar-refractivity contribution in [2.75, 3.05) is 16.4 Å². The molecule has 2 amide bonds. The second-order valence-corrected chi connectivity index (χ2v) is 7.69. The van der Waals surface area contributed by atoms with Crippen LogP contribution in [0.15, 0.2) is 71.6 Å². The number of anilines is 2. The van der Waals surface area contributed by atoms with Crippen molar-refractivity contribution < 1.29 is 14.0 Å². The number of nitrogens with one attached hydrogen (secondary N) is 2. The summed E-state index contributed by atoms with van der Waals surface area (Å²) < 4.78 is 13.0. The van der Waals surface area contributed by atoms with Crippen molar-refractivity contribution in [1.82, 2.24) is 0 Å². The first-order chi connectivity index (χ1) is 13.9. The maximum Gasteiger partial charge on any atom is 0.255 e. The van der Waals surface area contributed by atoms with Crippen LogP contribution in [0.5, 0.6) is 0 Å². The van der Waals surface area contributed by atoms with Crippen LogP contribution in [0.4, 0.5) is 15.8 Å². The molecule has 4 nitrogen and oxygen atoms in total. The van der Waals surface area contributed by atoms with Gasteiger partial charge in [-0.1, -0.05) is 23.7 Å². The van der Waals surface area contributed by atoms with Crippen LogP contribution < -0.4 is 10.6 Å². The van der Waals surface area contributed by atoms with Gasteiger partial charge in [0.25, 0.3) is 5.91 Å². The third-order valence-corrected chi connectivity index (χ3v) is 5.51. The predicted molar refractivity (Wildman–Crippen MR) is 116 cm³/mol. The van der Waals surface area contributed by atoms with Crippen LogP contribution >= 0.6 is 23.4 Å². The van der Waals surface area contributed by atoms with Crippen LogP contribution in [0.2, 0.25) is 5.02 Å². The molecule has 3 aromatic rings. The van der Waals surface area contributed by atoms with E-state index in [0.717, 1.165) is 10.5 Å². The van der Waals surface area contributed by atoms with E-state index >= 15 is 0 Å². The summed E-state index contributed by atoms with van der Waals surface area (Å²) in [6.45, 7) is 1.85. The average Bonchev–Trinajstić information content (AvgIpc) is 2.71. The molecule has 0 saturated heterocycles. The molecule has 0 aliphatic heterocycles. The topological polar surface area (TPSA) is 58.2 Å². The lowest BCUT2D eigenvalue weighted by atomic mass is 10.2. The Morgan fingerprint density at radius 2 is 1.72 bits per heavy atom. The Hall–Kier alpha value is -2.83. The number of hydrogen-bond acceptors (Lipinski definition) is 3. The Kier molecular flexibility index (Phi) is 6.90. The van der Waals surface area contributed by atoms with Crippen LogP contribution in [0, 0.1) is 12.7 Å². The molecule has 0 fully saturated rings. The number of benzene rings is 3. The quantitative estimate of drug-likeness (QED) is 0.490. The zero-order chi connectivity index (χ0) is 20.8. The van der Waals surface area contributed by atoms with E-state index in [0.29, 0.717) is 22.0 Å². The van der Waals surface area contributed by atoms with Gasteiger partial charge in [0.2, 0.25) is 5.91 Å². The van der Waals surface area contributed by atoms with E-state index in [1.54, 1.807) is 36.4 Å². The first-order valence-corrected chi connectivity index (χ1v) is 10.1. The number of thioether (sulfide) groups is 1. The van der Waals surface area contributed by atoms with E-state index in [1.165, 1.54) is 36.0 Å². The normalized spacial score (nSPS) is 10.4. The Balaban J connectivity index is 1.58. The number of carbonyl (C=O) groups is 2. The van der Waals surface area contributed by atoms with Gasteiger partial charge in [-0.15, -0.1) is 11.8 Å². The van der Waals surface area contributed by atoms with Gasteiger partial charge in [0.05, 0.1) is 5.75 Å². The molecule has 0 unspecified atom stereocenters. The maximum atomic E-state index is 13.0. The van der Waals surface area contributed by atoms with Crippen molar-refractivity contribution in [3.05, 3.63) is 88.7 Å². The van der Waals surface area contributed by atoms with Gasteiger partial charge in [-0.05, 0) is 67.1 Å². The smallest absolute Gasteiger partial charge is 0.255 e. The highest BCUT2D eigenvalue weighted by Crippen LogP contribution is 2.25. The third-order valence-electron chi connectivity index (χ3n) is 4.11. The minimum atomic E-state index is -0.397. The van der Waals surface area contributed by atoms with E-state index < -0.39 is 5.82 Å². The summed E-state index contributed by atoms with van der Waals surface area (Å²) in [6, 6.07) is 17.9. The fraction of sp³-hybridized carbons (Fsp3) is 0.0909. The molecule has 7 heteroatoms. The molecule has 0 atom stereocenters. The van der Waals surface area contributed by atoms with Gasteiger partial charge in [-0.25, -0.2) is 4.39 Å². The SMILES string of the molecule is Cc1c(Cl)cccc1NC(=O)CSc1cccc(NC(=O)c2ccc(F)cc2)c1. The lowest BCUT2D eigenvalue weighted by Crippen LogP contribution is -2.15. The van der Waals surface area contributed by atoms with Gasteiger partial charge in [0, 0.05) is 26.9 Å². The molecule has 0 saturated carbocycles. The highest BCUT2D eigenvalue weighted by atomic mass is 35.5. The molecular formula is C22H18ClFN2O2S. The molecule has 0 heterocycles. The molecule has 3 aromatic carbocycles. The summed E-state index contributed by atoms with van der Waals surface area (Å²) in [6.07, 6.45) is 0. The predicted octanol–water partition coefficient (Wildman–Crippen LogP) is 5.77. The van der Waals surface area contributed by atoms with Crippen LogP contribution in [0.3, 0.4) is 0 Å². The standard InChI is InChI=1S/C22H18ClFN2O2S/c1-14-19(23)6-3-7-20(14)26-21(27)13-29-18-5-2-4-17(12-18)25-22(28)15-8-10-16(24)11-9-15/h2-12H,13H2,1H3,(H,25,28)(H,26,27). The number of amides is 2. The lowest BCUT2D eigenvalue weighted by molar-refractivity contribution is -0.113. The summed E-state index contributed by atoms with van der Waals surface area (Å²) in [7, 11) is 0. The molecule has 0 bridgehead atoms. The fourth-order valence-corrected chi connectivity index (χ4v) is 3.48. The summed E-state index contributed by atoms with van der Waals surface area (Å²) in [4.78, 5) is 25.3. The van der Waals surface area contributed by atoms with Crippen LogP contribution in [-0.4, -0.2) is 17.6 Å². The third kappa shape index (κ3) is 5.82.